The second-order valence-electron chi connectivity index (χ2n) is 4.90. The van der Waals surface area contributed by atoms with Gasteiger partial charge in [0.2, 0.25) is 5.91 Å². The zero-order valence-corrected chi connectivity index (χ0v) is 10.6. The number of likely N-dealkylation sites (tertiary alicyclic amines) is 1. The molecule has 0 aliphatic carbocycles. The second-order valence-corrected chi connectivity index (χ2v) is 4.90. The number of carboxylic acid groups (broad SMARTS) is 1. The summed E-state index contributed by atoms with van der Waals surface area (Å²) in [5, 5.41) is 9.04. The largest absolute Gasteiger partial charge is 0.481 e. The van der Waals surface area contributed by atoms with E-state index in [0.29, 0.717) is 6.54 Å². The van der Waals surface area contributed by atoms with Crippen LogP contribution in [-0.2, 0) is 16.1 Å². The molecule has 18 heavy (non-hydrogen) atoms. The third kappa shape index (κ3) is 2.37. The van der Waals surface area contributed by atoms with E-state index in [1.54, 1.807) is 11.8 Å². The monoisotopic (exact) mass is 247 g/mol. The van der Waals surface area contributed by atoms with Gasteiger partial charge in [0, 0.05) is 19.0 Å². The van der Waals surface area contributed by atoms with E-state index in [2.05, 4.69) is 0 Å². The maximum Gasteiger partial charge on any atom is 0.309 e. The van der Waals surface area contributed by atoms with Crippen molar-refractivity contribution in [2.75, 3.05) is 0 Å². The second kappa shape index (κ2) is 4.80. The summed E-state index contributed by atoms with van der Waals surface area (Å²) in [4.78, 5) is 24.5. The molecule has 2 rings (SSSR count). The van der Waals surface area contributed by atoms with E-state index in [4.69, 9.17) is 5.11 Å². The van der Waals surface area contributed by atoms with Crippen LogP contribution >= 0.6 is 0 Å². The molecule has 0 bridgehead atoms. The number of benzene rings is 1. The number of aliphatic carboxylic acids is 1. The van der Waals surface area contributed by atoms with Crippen molar-refractivity contribution in [3.05, 3.63) is 35.4 Å². The number of aryl methyl sites for hydroxylation is 1. The van der Waals surface area contributed by atoms with Gasteiger partial charge in [-0.05, 0) is 19.4 Å². The van der Waals surface area contributed by atoms with Crippen LogP contribution in [0.3, 0.4) is 0 Å². The predicted octanol–water partition coefficient (Wildman–Crippen LogP) is 1.82. The first-order valence-corrected chi connectivity index (χ1v) is 6.07. The summed E-state index contributed by atoms with van der Waals surface area (Å²) in [6.45, 7) is 4.30. The lowest BCUT2D eigenvalue weighted by Crippen LogP contribution is -2.34. The van der Waals surface area contributed by atoms with Gasteiger partial charge in [-0.25, -0.2) is 0 Å². The molecule has 96 valence electrons. The Bertz CT molecular complexity index is 466. The SMILES string of the molecule is Cc1ccc(CN2C(=O)CC(C(=O)O)C2C)cc1. The van der Waals surface area contributed by atoms with E-state index in [9.17, 15) is 9.59 Å². The molecule has 0 saturated carbocycles. The summed E-state index contributed by atoms with van der Waals surface area (Å²) in [5.41, 5.74) is 2.20. The van der Waals surface area contributed by atoms with Crippen molar-refractivity contribution in [3.63, 3.8) is 0 Å². The Morgan fingerprint density at radius 1 is 1.39 bits per heavy atom. The first-order valence-electron chi connectivity index (χ1n) is 6.07. The van der Waals surface area contributed by atoms with Gasteiger partial charge in [-0.1, -0.05) is 29.8 Å². The topological polar surface area (TPSA) is 57.6 Å². The van der Waals surface area contributed by atoms with Crippen LogP contribution in [0, 0.1) is 12.8 Å². The van der Waals surface area contributed by atoms with Crippen LogP contribution < -0.4 is 0 Å². The lowest BCUT2D eigenvalue weighted by molar-refractivity contribution is -0.142. The molecule has 1 aliphatic rings. The van der Waals surface area contributed by atoms with Crippen LogP contribution in [0.4, 0.5) is 0 Å². The molecule has 0 aromatic heterocycles. The highest BCUT2D eigenvalue weighted by Crippen LogP contribution is 2.27. The van der Waals surface area contributed by atoms with Crippen LogP contribution in [0.25, 0.3) is 0 Å². The number of rotatable bonds is 3. The fourth-order valence-corrected chi connectivity index (χ4v) is 2.34. The molecule has 1 saturated heterocycles. The Morgan fingerprint density at radius 2 is 2.00 bits per heavy atom. The number of carbonyl (C=O) groups is 2. The Hall–Kier alpha value is -1.84. The zero-order chi connectivity index (χ0) is 13.3. The van der Waals surface area contributed by atoms with Gasteiger partial charge in [0.25, 0.3) is 0 Å². The van der Waals surface area contributed by atoms with Gasteiger partial charge in [0.05, 0.1) is 5.92 Å². The predicted molar refractivity (Wildman–Crippen MR) is 66.9 cm³/mol. The van der Waals surface area contributed by atoms with Crippen LogP contribution in [0.1, 0.15) is 24.5 Å². The summed E-state index contributed by atoms with van der Waals surface area (Å²) in [5.74, 6) is -1.54. The average molecular weight is 247 g/mol. The average Bonchev–Trinajstić information content (AvgIpc) is 2.60. The van der Waals surface area contributed by atoms with Crippen molar-refractivity contribution in [2.45, 2.75) is 32.9 Å². The highest BCUT2D eigenvalue weighted by molar-refractivity contribution is 5.86. The van der Waals surface area contributed by atoms with Crippen LogP contribution in [0.15, 0.2) is 24.3 Å². The molecular formula is C14H17NO3. The van der Waals surface area contributed by atoms with Gasteiger partial charge in [-0.2, -0.15) is 0 Å². The zero-order valence-electron chi connectivity index (χ0n) is 10.6. The van der Waals surface area contributed by atoms with Crippen LogP contribution in [-0.4, -0.2) is 27.9 Å². The molecule has 1 heterocycles. The van der Waals surface area contributed by atoms with E-state index >= 15 is 0 Å². The fourth-order valence-electron chi connectivity index (χ4n) is 2.34. The summed E-state index contributed by atoms with van der Waals surface area (Å²) in [6.07, 6.45) is 0.113. The molecule has 0 spiro atoms. The molecule has 4 heteroatoms. The number of nitrogens with zero attached hydrogens (tertiary/aromatic N) is 1. The molecule has 1 amide bonds. The summed E-state index contributed by atoms with van der Waals surface area (Å²) < 4.78 is 0. The normalized spacial score (nSPS) is 23.4. The standard InChI is InChI=1S/C14H17NO3/c1-9-3-5-11(6-4-9)8-15-10(2)12(14(17)18)7-13(15)16/h3-6,10,12H,7-8H2,1-2H3,(H,17,18). The maximum atomic E-state index is 11.8. The van der Waals surface area contributed by atoms with Crippen LogP contribution in [0.2, 0.25) is 0 Å². The first kappa shape index (κ1) is 12.6. The van der Waals surface area contributed by atoms with Crippen molar-refractivity contribution in [1.29, 1.82) is 0 Å². The fraction of sp³-hybridized carbons (Fsp3) is 0.429. The molecule has 4 nitrogen and oxygen atoms in total. The summed E-state index contributed by atoms with van der Waals surface area (Å²) in [7, 11) is 0. The van der Waals surface area contributed by atoms with Gasteiger partial charge in [-0.15, -0.1) is 0 Å². The molecule has 2 unspecified atom stereocenters. The Balaban J connectivity index is 2.12. The number of carbonyl (C=O) groups excluding carboxylic acids is 1. The van der Waals surface area contributed by atoms with Crippen LogP contribution in [0.5, 0.6) is 0 Å². The van der Waals surface area contributed by atoms with Crippen molar-refractivity contribution >= 4 is 11.9 Å². The van der Waals surface area contributed by atoms with E-state index in [1.807, 2.05) is 31.2 Å². The molecule has 1 aliphatic heterocycles. The number of hydrogen-bond acceptors (Lipinski definition) is 2. The van der Waals surface area contributed by atoms with Crippen molar-refractivity contribution < 1.29 is 14.7 Å². The maximum absolute atomic E-state index is 11.8. The Kier molecular flexibility index (Phi) is 3.36. The van der Waals surface area contributed by atoms with E-state index in [-0.39, 0.29) is 18.4 Å². The minimum absolute atomic E-state index is 0.0736. The summed E-state index contributed by atoms with van der Waals surface area (Å²) >= 11 is 0. The number of carboxylic acids is 1. The Labute approximate surface area is 106 Å². The number of hydrogen-bond donors (Lipinski definition) is 1. The number of amides is 1. The van der Waals surface area contributed by atoms with Crippen molar-refractivity contribution in [3.8, 4) is 0 Å². The van der Waals surface area contributed by atoms with Gasteiger partial charge in [0.1, 0.15) is 0 Å². The van der Waals surface area contributed by atoms with E-state index in [0.717, 1.165) is 5.56 Å². The highest BCUT2D eigenvalue weighted by Gasteiger charge is 2.40. The molecular weight excluding hydrogens is 230 g/mol. The van der Waals surface area contributed by atoms with Gasteiger partial charge >= 0.3 is 5.97 Å². The van der Waals surface area contributed by atoms with Crippen molar-refractivity contribution in [2.24, 2.45) is 5.92 Å². The lowest BCUT2D eigenvalue weighted by Gasteiger charge is -2.23. The quantitative estimate of drug-likeness (QED) is 0.886. The van der Waals surface area contributed by atoms with Crippen molar-refractivity contribution in [1.82, 2.24) is 4.90 Å². The molecule has 1 N–H and O–H groups in total. The van der Waals surface area contributed by atoms with E-state index in [1.165, 1.54) is 5.56 Å². The molecule has 0 radical (unpaired) electrons. The minimum atomic E-state index is -0.887. The first-order chi connectivity index (χ1) is 8.49. The summed E-state index contributed by atoms with van der Waals surface area (Å²) in [6, 6.07) is 7.70. The third-order valence-electron chi connectivity index (χ3n) is 3.58. The minimum Gasteiger partial charge on any atom is -0.481 e. The Morgan fingerprint density at radius 3 is 2.50 bits per heavy atom. The molecule has 1 aromatic rings. The van der Waals surface area contributed by atoms with E-state index < -0.39 is 11.9 Å². The highest BCUT2D eigenvalue weighted by atomic mass is 16.4. The smallest absolute Gasteiger partial charge is 0.309 e. The molecule has 1 aromatic carbocycles. The van der Waals surface area contributed by atoms with Gasteiger partial charge in [0.15, 0.2) is 0 Å². The third-order valence-corrected chi connectivity index (χ3v) is 3.58. The lowest BCUT2D eigenvalue weighted by atomic mass is 10.0. The molecule has 2 atom stereocenters. The molecule has 1 fully saturated rings. The van der Waals surface area contributed by atoms with Gasteiger partial charge in [-0.3, -0.25) is 9.59 Å². The van der Waals surface area contributed by atoms with Gasteiger partial charge < -0.3 is 10.0 Å².